The molecule has 0 radical (unpaired) electrons. The zero-order valence-corrected chi connectivity index (χ0v) is 17.4. The van der Waals surface area contributed by atoms with Gasteiger partial charge in [0.15, 0.2) is 5.78 Å². The summed E-state index contributed by atoms with van der Waals surface area (Å²) in [6.07, 6.45) is 1.68. The molecule has 0 saturated heterocycles. The smallest absolute Gasteiger partial charge is 0.307 e. The van der Waals surface area contributed by atoms with Crippen molar-refractivity contribution >= 4 is 23.5 Å². The summed E-state index contributed by atoms with van der Waals surface area (Å²) in [6.45, 7) is 3.76. The first-order valence-electron chi connectivity index (χ1n) is 9.45. The quantitative estimate of drug-likeness (QED) is 0.306. The van der Waals surface area contributed by atoms with Gasteiger partial charge in [-0.25, -0.2) is 4.39 Å². The molecule has 0 bridgehead atoms. The van der Waals surface area contributed by atoms with E-state index in [1.807, 2.05) is 6.92 Å². The van der Waals surface area contributed by atoms with E-state index < -0.39 is 11.8 Å². The van der Waals surface area contributed by atoms with E-state index in [2.05, 4.69) is 0 Å². The molecule has 0 spiro atoms. The molecule has 0 saturated carbocycles. The lowest BCUT2D eigenvalue weighted by molar-refractivity contribution is -0.136. The van der Waals surface area contributed by atoms with Crippen LogP contribution in [0.4, 0.5) is 4.39 Å². The van der Waals surface area contributed by atoms with Gasteiger partial charge in [0.2, 0.25) is 0 Å². The molecule has 0 atom stereocenters. The molecule has 156 valence electrons. The monoisotopic (exact) mass is 420 g/mol. The van der Waals surface area contributed by atoms with Crippen LogP contribution < -0.4 is 4.74 Å². The largest absolute Gasteiger partial charge is 0.507 e. The summed E-state index contributed by atoms with van der Waals surface area (Å²) < 4.78 is 20.1. The van der Waals surface area contributed by atoms with Crippen molar-refractivity contribution in [2.45, 2.75) is 44.4 Å². The van der Waals surface area contributed by atoms with Gasteiger partial charge in [0.1, 0.15) is 17.3 Å². The van der Waals surface area contributed by atoms with Crippen molar-refractivity contribution in [2.75, 3.05) is 12.4 Å². The second kappa shape index (κ2) is 10.9. The highest BCUT2D eigenvalue weighted by Gasteiger charge is 2.16. The maximum absolute atomic E-state index is 14.3. The first kappa shape index (κ1) is 22.7. The first-order chi connectivity index (χ1) is 13.8. The molecule has 0 fully saturated rings. The van der Waals surface area contributed by atoms with Crippen LogP contribution in [0.15, 0.2) is 35.2 Å². The van der Waals surface area contributed by atoms with Crippen molar-refractivity contribution in [3.63, 3.8) is 0 Å². The number of carbonyl (C=O) groups is 2. The molecule has 0 aromatic heterocycles. The maximum atomic E-state index is 14.3. The normalized spacial score (nSPS) is 10.7. The number of phenolic OH excluding ortho intramolecular Hbond substituents is 1. The lowest BCUT2D eigenvalue weighted by Gasteiger charge is -2.14. The Kier molecular flexibility index (Phi) is 8.51. The van der Waals surface area contributed by atoms with Crippen LogP contribution >= 0.6 is 11.8 Å². The molecule has 5 nitrogen and oxygen atoms in total. The molecule has 7 heteroatoms. The Hall–Kier alpha value is -2.54. The summed E-state index contributed by atoms with van der Waals surface area (Å²) in [4.78, 5) is 22.8. The topological polar surface area (TPSA) is 83.8 Å². The van der Waals surface area contributed by atoms with E-state index in [0.717, 1.165) is 6.42 Å². The number of hydrogen-bond donors (Lipinski definition) is 2. The fourth-order valence-electron chi connectivity index (χ4n) is 2.92. The fourth-order valence-corrected chi connectivity index (χ4v) is 3.83. The average molecular weight is 421 g/mol. The van der Waals surface area contributed by atoms with E-state index >= 15 is 0 Å². The third-order valence-electron chi connectivity index (χ3n) is 4.31. The zero-order chi connectivity index (χ0) is 21.4. The van der Waals surface area contributed by atoms with Gasteiger partial charge >= 0.3 is 5.97 Å². The highest BCUT2D eigenvalue weighted by molar-refractivity contribution is 7.99. The third kappa shape index (κ3) is 6.22. The van der Waals surface area contributed by atoms with E-state index in [-0.39, 0.29) is 29.1 Å². The Morgan fingerprint density at radius 3 is 2.62 bits per heavy atom. The predicted octanol–water partition coefficient (Wildman–Crippen LogP) is 4.87. The molecule has 0 aliphatic heterocycles. The van der Waals surface area contributed by atoms with Gasteiger partial charge in [-0.05, 0) is 38.0 Å². The molecule has 0 amide bonds. The molecule has 2 aromatic carbocycles. The van der Waals surface area contributed by atoms with E-state index in [0.29, 0.717) is 41.4 Å². The summed E-state index contributed by atoms with van der Waals surface area (Å²) in [7, 11) is 0. The minimum atomic E-state index is -1.07. The van der Waals surface area contributed by atoms with Gasteiger partial charge in [-0.3, -0.25) is 9.59 Å². The molecule has 0 heterocycles. The van der Waals surface area contributed by atoms with Crippen molar-refractivity contribution in [3.05, 3.63) is 52.8 Å². The van der Waals surface area contributed by atoms with E-state index in [1.165, 1.54) is 24.8 Å². The van der Waals surface area contributed by atoms with Crippen LogP contribution in [0.5, 0.6) is 11.5 Å². The maximum Gasteiger partial charge on any atom is 0.307 e. The zero-order valence-electron chi connectivity index (χ0n) is 16.5. The van der Waals surface area contributed by atoms with Crippen molar-refractivity contribution < 1.29 is 28.9 Å². The van der Waals surface area contributed by atoms with Crippen LogP contribution in [-0.4, -0.2) is 34.3 Å². The summed E-state index contributed by atoms with van der Waals surface area (Å²) in [6, 6.07) is 8.01. The lowest BCUT2D eigenvalue weighted by Crippen LogP contribution is -2.05. The Morgan fingerprint density at radius 2 is 1.97 bits per heavy atom. The number of phenols is 1. The van der Waals surface area contributed by atoms with E-state index in [1.54, 1.807) is 24.3 Å². The van der Waals surface area contributed by atoms with Crippen molar-refractivity contribution in [1.82, 2.24) is 0 Å². The molecule has 0 aliphatic carbocycles. The van der Waals surface area contributed by atoms with Gasteiger partial charge in [0, 0.05) is 21.8 Å². The number of thioether (sulfide) groups is 1. The number of aromatic hydroxyl groups is 1. The van der Waals surface area contributed by atoms with Gasteiger partial charge in [-0.2, -0.15) is 0 Å². The molecule has 2 N–H and O–H groups in total. The number of aliphatic carboxylic acids is 1. The van der Waals surface area contributed by atoms with Gasteiger partial charge in [0.05, 0.1) is 18.6 Å². The van der Waals surface area contributed by atoms with E-state index in [9.17, 15) is 19.1 Å². The number of carboxylic acid groups (broad SMARTS) is 1. The number of carbonyl (C=O) groups excluding carboxylic acids is 1. The molecule has 2 aromatic rings. The minimum Gasteiger partial charge on any atom is -0.507 e. The number of Topliss-reactive ketones (excluding diaryl/α,β-unsaturated/α-hetero) is 1. The SMILES string of the molecule is CCCc1c(OCCCSc2cccc(CC(=O)O)c2F)ccc(C(C)=O)c1O. The third-order valence-corrected chi connectivity index (χ3v) is 5.43. The highest BCUT2D eigenvalue weighted by atomic mass is 32.2. The van der Waals surface area contributed by atoms with Crippen LogP contribution in [0, 0.1) is 5.82 Å². The number of carboxylic acids is 1. The lowest BCUT2D eigenvalue weighted by atomic mass is 10.0. The van der Waals surface area contributed by atoms with Crippen LogP contribution in [0.3, 0.4) is 0 Å². The number of rotatable bonds is 11. The average Bonchev–Trinajstić information content (AvgIpc) is 2.66. The van der Waals surface area contributed by atoms with Crippen molar-refractivity contribution in [2.24, 2.45) is 0 Å². The molecular weight excluding hydrogens is 395 g/mol. The summed E-state index contributed by atoms with van der Waals surface area (Å²) in [5.74, 6) is -0.640. The standard InChI is InChI=1S/C22H25FO5S/c1-3-6-17-18(10-9-16(14(2)24)22(17)27)28-11-5-12-29-19-8-4-7-15(21(19)23)13-20(25)26/h4,7-10,27H,3,5-6,11-13H2,1-2H3,(H,25,26). The number of halogens is 1. The fraction of sp³-hybridized carbons (Fsp3) is 0.364. The van der Waals surface area contributed by atoms with Crippen molar-refractivity contribution in [1.29, 1.82) is 0 Å². The van der Waals surface area contributed by atoms with Gasteiger partial charge in [0.25, 0.3) is 0 Å². The molecule has 0 unspecified atom stereocenters. The highest BCUT2D eigenvalue weighted by Crippen LogP contribution is 2.33. The van der Waals surface area contributed by atoms with Crippen LogP contribution in [0.2, 0.25) is 0 Å². The summed E-state index contributed by atoms with van der Waals surface area (Å²) in [5, 5.41) is 19.2. The summed E-state index contributed by atoms with van der Waals surface area (Å²) in [5.41, 5.74) is 1.08. The van der Waals surface area contributed by atoms with Crippen LogP contribution in [0.1, 0.15) is 48.2 Å². The van der Waals surface area contributed by atoms with Crippen LogP contribution in [-0.2, 0) is 17.6 Å². The van der Waals surface area contributed by atoms with Crippen molar-refractivity contribution in [3.8, 4) is 11.5 Å². The summed E-state index contributed by atoms with van der Waals surface area (Å²) >= 11 is 1.31. The molecule has 0 aliphatic rings. The van der Waals surface area contributed by atoms with Crippen LogP contribution in [0.25, 0.3) is 0 Å². The molecular formula is C22H25FO5S. The Balaban J connectivity index is 1.94. The second-order valence-electron chi connectivity index (χ2n) is 6.59. The number of benzene rings is 2. The molecule has 29 heavy (non-hydrogen) atoms. The predicted molar refractivity (Wildman–Crippen MR) is 111 cm³/mol. The van der Waals surface area contributed by atoms with E-state index in [4.69, 9.17) is 9.84 Å². The molecule has 2 rings (SSSR count). The minimum absolute atomic E-state index is 0.0245. The number of hydrogen-bond acceptors (Lipinski definition) is 5. The second-order valence-corrected chi connectivity index (χ2v) is 7.73. The van der Waals surface area contributed by atoms with Gasteiger partial charge in [-0.15, -0.1) is 11.8 Å². The number of ether oxygens (including phenoxy) is 1. The number of ketones is 1. The Morgan fingerprint density at radius 1 is 1.21 bits per heavy atom. The van der Waals surface area contributed by atoms with Gasteiger partial charge in [-0.1, -0.05) is 25.5 Å². The van der Waals surface area contributed by atoms with Gasteiger partial charge < -0.3 is 14.9 Å². The Bertz CT molecular complexity index is 882. The Labute approximate surface area is 173 Å². The first-order valence-corrected chi connectivity index (χ1v) is 10.4.